The first-order valence-electron chi connectivity index (χ1n) is 14.9. The van der Waals surface area contributed by atoms with Crippen LogP contribution in [0, 0.1) is 11.6 Å². The van der Waals surface area contributed by atoms with Crippen molar-refractivity contribution in [3.05, 3.63) is 92.6 Å². The fraction of sp³-hybridized carbons (Fsp3) is 0.375. The van der Waals surface area contributed by atoms with Crippen LogP contribution in [0.1, 0.15) is 34.8 Å². The zero-order valence-electron chi connectivity index (χ0n) is 25.9. The van der Waals surface area contributed by atoms with Gasteiger partial charge in [-0.3, -0.25) is 9.59 Å². The highest BCUT2D eigenvalue weighted by atomic mass is 35.5. The van der Waals surface area contributed by atoms with Gasteiger partial charge in [0.05, 0.1) is 25.2 Å². The van der Waals surface area contributed by atoms with Gasteiger partial charge in [0.2, 0.25) is 5.91 Å². The summed E-state index contributed by atoms with van der Waals surface area (Å²) in [6.45, 7) is -0.199. The van der Waals surface area contributed by atoms with Gasteiger partial charge >= 0.3 is 12.1 Å². The minimum Gasteiger partial charge on any atom is -0.477 e. The Labute approximate surface area is 288 Å². The number of carbonyl (C=O) groups is 4. The first kappa shape index (κ1) is 37.6. The minimum absolute atomic E-state index is 0.126. The Bertz CT molecular complexity index is 1620. The quantitative estimate of drug-likeness (QED) is 0.144. The molecule has 264 valence electrons. The third kappa shape index (κ3) is 9.93. The molecule has 1 aliphatic rings. The van der Waals surface area contributed by atoms with Crippen molar-refractivity contribution in [3.8, 4) is 0 Å². The van der Waals surface area contributed by atoms with E-state index in [1.54, 1.807) is 0 Å². The monoisotopic (exact) mass is 725 g/mol. The van der Waals surface area contributed by atoms with Crippen LogP contribution in [0.25, 0.3) is 0 Å². The molecule has 2 heterocycles. The normalized spacial score (nSPS) is 21.6. The molecule has 3 amide bonds. The van der Waals surface area contributed by atoms with Gasteiger partial charge in [-0.1, -0.05) is 23.7 Å². The number of hydrogen-bond donors (Lipinski definition) is 6. The topological polar surface area (TPSA) is 193 Å². The number of aliphatic hydroxyl groups is 2. The van der Waals surface area contributed by atoms with Gasteiger partial charge in [-0.05, 0) is 59.1 Å². The average Bonchev–Trinajstić information content (AvgIpc) is 3.58. The molecule has 17 heteroatoms. The van der Waals surface area contributed by atoms with Crippen molar-refractivity contribution in [1.29, 1.82) is 0 Å². The Balaban J connectivity index is 1.60. The summed E-state index contributed by atoms with van der Waals surface area (Å²) in [4.78, 5) is 50.6. The number of carboxylic acids is 1. The van der Waals surface area contributed by atoms with Crippen LogP contribution in [0.5, 0.6) is 0 Å². The van der Waals surface area contributed by atoms with Crippen LogP contribution >= 0.6 is 22.9 Å². The summed E-state index contributed by atoms with van der Waals surface area (Å²) in [5, 5.41) is 44.1. The smallest absolute Gasteiger partial charge is 0.407 e. The highest BCUT2D eigenvalue weighted by Gasteiger charge is 2.57. The number of thiophene rings is 1. The number of ether oxygens (including phenoxy) is 3. The maximum absolute atomic E-state index is 14.5. The zero-order chi connectivity index (χ0) is 35.7. The van der Waals surface area contributed by atoms with E-state index in [0.717, 1.165) is 24.6 Å². The van der Waals surface area contributed by atoms with Crippen molar-refractivity contribution in [3.63, 3.8) is 0 Å². The Morgan fingerprint density at radius 1 is 1.10 bits per heavy atom. The number of benzene rings is 2. The van der Waals surface area contributed by atoms with E-state index in [0.29, 0.717) is 11.4 Å². The maximum atomic E-state index is 14.5. The molecule has 0 radical (unpaired) electrons. The van der Waals surface area contributed by atoms with Crippen LogP contribution in [-0.4, -0.2) is 88.5 Å². The first-order chi connectivity index (χ1) is 23.3. The largest absolute Gasteiger partial charge is 0.477 e. The van der Waals surface area contributed by atoms with Crippen LogP contribution in [-0.2, 0) is 36.8 Å². The number of carbonyl (C=O) groups excluding carboxylic acids is 3. The lowest BCUT2D eigenvalue weighted by Crippen LogP contribution is -2.68. The SMILES string of the molecule is CC(=O)N[C@H]1[C@H]([C@H](O)[C@H](O)CNC(=O)c2ccc(Cl)cc2)O[C@@](OCc2cccc(F)c2F)(C(=O)O)C[C@@H]1OC(=O)NCCc1ccsc1. The molecule has 0 unspecified atom stereocenters. The molecule has 0 aliphatic carbocycles. The van der Waals surface area contributed by atoms with Crippen molar-refractivity contribution >= 4 is 46.8 Å². The van der Waals surface area contributed by atoms with Crippen molar-refractivity contribution < 1.29 is 57.5 Å². The Kier molecular flexibility index (Phi) is 13.0. The number of halogens is 3. The van der Waals surface area contributed by atoms with Crippen LogP contribution in [0.4, 0.5) is 13.6 Å². The highest BCUT2D eigenvalue weighted by molar-refractivity contribution is 7.07. The van der Waals surface area contributed by atoms with Gasteiger partial charge < -0.3 is 45.5 Å². The molecule has 0 bridgehead atoms. The number of aliphatic carboxylic acids is 1. The van der Waals surface area contributed by atoms with Crippen molar-refractivity contribution in [2.75, 3.05) is 13.1 Å². The number of alkyl carbamates (subject to hydrolysis) is 1. The van der Waals surface area contributed by atoms with Gasteiger partial charge in [-0.2, -0.15) is 11.3 Å². The molecule has 6 N–H and O–H groups in total. The molecule has 6 atom stereocenters. The number of nitrogens with one attached hydrogen (secondary N) is 3. The zero-order valence-corrected chi connectivity index (χ0v) is 27.5. The van der Waals surface area contributed by atoms with Gasteiger partial charge in [-0.15, -0.1) is 0 Å². The summed E-state index contributed by atoms with van der Waals surface area (Å²) >= 11 is 7.32. The van der Waals surface area contributed by atoms with Crippen LogP contribution < -0.4 is 16.0 Å². The molecule has 1 aliphatic heterocycles. The molecular formula is C32H34ClF2N3O10S. The van der Waals surface area contributed by atoms with E-state index in [4.69, 9.17) is 25.8 Å². The lowest BCUT2D eigenvalue weighted by Gasteiger charge is -2.47. The second kappa shape index (κ2) is 17.0. The van der Waals surface area contributed by atoms with Crippen molar-refractivity contribution in [2.24, 2.45) is 0 Å². The molecule has 1 fully saturated rings. The third-order valence-corrected chi connectivity index (χ3v) is 8.55. The van der Waals surface area contributed by atoms with E-state index < -0.39 is 91.3 Å². The van der Waals surface area contributed by atoms with E-state index in [1.807, 2.05) is 16.8 Å². The van der Waals surface area contributed by atoms with E-state index in [2.05, 4.69) is 16.0 Å². The first-order valence-corrected chi connectivity index (χ1v) is 16.2. The van der Waals surface area contributed by atoms with E-state index in [9.17, 15) is 43.3 Å². The average molecular weight is 726 g/mol. The summed E-state index contributed by atoms with van der Waals surface area (Å²) in [7, 11) is 0. The summed E-state index contributed by atoms with van der Waals surface area (Å²) in [5.74, 6) is -8.47. The fourth-order valence-corrected chi connectivity index (χ4v) is 5.89. The highest BCUT2D eigenvalue weighted by Crippen LogP contribution is 2.36. The van der Waals surface area contributed by atoms with Crippen molar-refractivity contribution in [2.45, 2.75) is 62.6 Å². The molecule has 1 aromatic heterocycles. The van der Waals surface area contributed by atoms with Crippen LogP contribution in [0.3, 0.4) is 0 Å². The van der Waals surface area contributed by atoms with E-state index >= 15 is 0 Å². The molecule has 13 nitrogen and oxygen atoms in total. The number of aliphatic hydroxyl groups excluding tert-OH is 2. The molecule has 2 aromatic carbocycles. The predicted molar refractivity (Wildman–Crippen MR) is 171 cm³/mol. The van der Waals surface area contributed by atoms with Gasteiger partial charge in [0, 0.05) is 36.2 Å². The Hall–Kier alpha value is -4.19. The van der Waals surface area contributed by atoms with Crippen LogP contribution in [0.2, 0.25) is 5.02 Å². The molecule has 0 spiro atoms. The molecule has 1 saturated heterocycles. The lowest BCUT2D eigenvalue weighted by atomic mass is 9.88. The molecular weight excluding hydrogens is 692 g/mol. The summed E-state index contributed by atoms with van der Waals surface area (Å²) < 4.78 is 45.3. The summed E-state index contributed by atoms with van der Waals surface area (Å²) in [5.41, 5.74) is 0.743. The fourth-order valence-electron chi connectivity index (χ4n) is 5.06. The summed E-state index contributed by atoms with van der Waals surface area (Å²) in [6, 6.07) is 9.33. The maximum Gasteiger partial charge on any atom is 0.407 e. The van der Waals surface area contributed by atoms with Crippen molar-refractivity contribution in [1.82, 2.24) is 16.0 Å². The second-order valence-electron chi connectivity index (χ2n) is 11.1. The molecule has 0 saturated carbocycles. The standard InChI is InChI=1S/C32H34ClF2N3O10S/c1-17(39)38-26-24(47-31(45)36-11-9-18-10-12-49-16-18)13-32(30(43)44,46-15-20-3-2-4-22(34)25(20)35)48-28(26)27(41)23(40)14-37-29(42)19-5-7-21(33)8-6-19/h2-8,10,12,16,23-24,26-28,40-41H,9,11,13-15H2,1H3,(H,36,45)(H,37,42)(H,38,39)(H,43,44)/t23-,24+,26-,27-,28-,32-/m1/s1. The molecule has 4 rings (SSSR count). The van der Waals surface area contributed by atoms with E-state index in [1.165, 1.54) is 41.7 Å². The van der Waals surface area contributed by atoms with E-state index in [-0.39, 0.29) is 17.7 Å². The number of hydrogen-bond acceptors (Lipinski definition) is 10. The van der Waals surface area contributed by atoms with Gasteiger partial charge in [0.25, 0.3) is 11.7 Å². The Morgan fingerprint density at radius 3 is 2.49 bits per heavy atom. The molecule has 49 heavy (non-hydrogen) atoms. The second-order valence-corrected chi connectivity index (χ2v) is 12.3. The number of rotatable bonds is 14. The van der Waals surface area contributed by atoms with Gasteiger partial charge in [0.15, 0.2) is 11.6 Å². The van der Waals surface area contributed by atoms with Crippen LogP contribution in [0.15, 0.2) is 59.3 Å². The Morgan fingerprint density at radius 2 is 1.84 bits per heavy atom. The third-order valence-electron chi connectivity index (χ3n) is 7.57. The number of amides is 3. The molecule has 3 aromatic rings. The van der Waals surface area contributed by atoms with Gasteiger partial charge in [0.1, 0.15) is 18.3 Å². The number of carboxylic acid groups (broad SMARTS) is 1. The predicted octanol–water partition coefficient (Wildman–Crippen LogP) is 2.76. The van der Waals surface area contributed by atoms with Gasteiger partial charge in [-0.25, -0.2) is 18.4 Å². The minimum atomic E-state index is -2.78. The lowest BCUT2D eigenvalue weighted by molar-refractivity contribution is -0.313. The summed E-state index contributed by atoms with van der Waals surface area (Å²) in [6.07, 6.45) is -8.71.